The van der Waals surface area contributed by atoms with Crippen LogP contribution in [0.3, 0.4) is 0 Å². The summed E-state index contributed by atoms with van der Waals surface area (Å²) in [6, 6.07) is 8.91. The fraction of sp³-hybridized carbons (Fsp3) is 0.545. The topological polar surface area (TPSA) is 0 Å². The summed E-state index contributed by atoms with van der Waals surface area (Å²) < 4.78 is 0. The molecule has 22 heavy (non-hydrogen) atoms. The molecule has 1 aromatic rings. The van der Waals surface area contributed by atoms with Crippen LogP contribution in [-0.2, 0) is 6.42 Å². The van der Waals surface area contributed by atoms with E-state index in [1.807, 2.05) is 47.6 Å². The van der Waals surface area contributed by atoms with Crippen molar-refractivity contribution < 1.29 is 0 Å². The van der Waals surface area contributed by atoms with E-state index in [-0.39, 0.29) is 0 Å². The molecule has 0 saturated heterocycles. The van der Waals surface area contributed by atoms with Crippen LogP contribution in [0.4, 0.5) is 0 Å². The van der Waals surface area contributed by atoms with Gasteiger partial charge in [-0.1, -0.05) is 105 Å². The normalized spacial score (nSPS) is 9.45. The van der Waals surface area contributed by atoms with E-state index in [1.54, 1.807) is 0 Å². The molecule has 0 amide bonds. The largest absolute Gasteiger partial charge is 0.0988 e. The van der Waals surface area contributed by atoms with Crippen LogP contribution in [0.25, 0.3) is 0 Å². The van der Waals surface area contributed by atoms with Gasteiger partial charge in [0.15, 0.2) is 0 Å². The number of allylic oxidation sites excluding steroid dienone is 3. The first kappa shape index (κ1) is 25.6. The molecule has 0 radical (unpaired) electrons. The van der Waals surface area contributed by atoms with Crippen LogP contribution in [-0.4, -0.2) is 0 Å². The first-order valence-corrected chi connectivity index (χ1v) is 9.07. The van der Waals surface area contributed by atoms with Crippen molar-refractivity contribution in [2.45, 2.75) is 81.1 Å². The SMILES string of the molecule is C=C/C(=C\CC)Cc1ccc(C(C)C)cc1.CC.CC.CC. The highest BCUT2D eigenvalue weighted by atomic mass is 14.0. The molecular weight excluding hydrogens is 264 g/mol. The van der Waals surface area contributed by atoms with Crippen molar-refractivity contribution in [2.75, 3.05) is 0 Å². The van der Waals surface area contributed by atoms with Crippen molar-refractivity contribution in [1.29, 1.82) is 0 Å². The molecule has 0 unspecified atom stereocenters. The van der Waals surface area contributed by atoms with Gasteiger partial charge in [-0.25, -0.2) is 0 Å². The molecule has 0 heterocycles. The fourth-order valence-electron chi connectivity index (χ4n) is 1.75. The molecule has 0 saturated carbocycles. The molecule has 0 aliphatic rings. The quantitative estimate of drug-likeness (QED) is 0.484. The molecule has 0 fully saturated rings. The average Bonchev–Trinajstić information content (AvgIpc) is 2.60. The Hall–Kier alpha value is -1.30. The van der Waals surface area contributed by atoms with Gasteiger partial charge in [-0.05, 0) is 35.5 Å². The summed E-state index contributed by atoms with van der Waals surface area (Å²) in [6.45, 7) is 22.5. The Morgan fingerprint density at radius 2 is 1.41 bits per heavy atom. The Morgan fingerprint density at radius 1 is 0.955 bits per heavy atom. The lowest BCUT2D eigenvalue weighted by atomic mass is 9.98. The van der Waals surface area contributed by atoms with Crippen molar-refractivity contribution in [3.63, 3.8) is 0 Å². The van der Waals surface area contributed by atoms with Gasteiger partial charge in [0.1, 0.15) is 0 Å². The minimum Gasteiger partial charge on any atom is -0.0988 e. The van der Waals surface area contributed by atoms with E-state index in [1.165, 1.54) is 16.7 Å². The Kier molecular flexibility index (Phi) is 23.0. The molecule has 0 atom stereocenters. The molecule has 1 aromatic carbocycles. The summed E-state index contributed by atoms with van der Waals surface area (Å²) in [6.07, 6.45) is 6.27. The van der Waals surface area contributed by atoms with E-state index in [4.69, 9.17) is 0 Å². The lowest BCUT2D eigenvalue weighted by Crippen LogP contribution is -1.91. The van der Waals surface area contributed by atoms with Crippen LogP contribution < -0.4 is 0 Å². The number of benzene rings is 1. The van der Waals surface area contributed by atoms with Crippen LogP contribution in [0.1, 0.15) is 85.8 Å². The summed E-state index contributed by atoms with van der Waals surface area (Å²) in [4.78, 5) is 0. The van der Waals surface area contributed by atoms with Crippen molar-refractivity contribution in [1.82, 2.24) is 0 Å². The van der Waals surface area contributed by atoms with E-state index < -0.39 is 0 Å². The highest BCUT2D eigenvalue weighted by Gasteiger charge is 1.99. The molecule has 0 heteroatoms. The van der Waals surface area contributed by atoms with Gasteiger partial charge in [-0.2, -0.15) is 0 Å². The van der Waals surface area contributed by atoms with E-state index >= 15 is 0 Å². The Bertz CT molecular complexity index is 352. The van der Waals surface area contributed by atoms with Crippen LogP contribution in [0.2, 0.25) is 0 Å². The summed E-state index contributed by atoms with van der Waals surface area (Å²) in [5, 5.41) is 0. The predicted molar refractivity (Wildman–Crippen MR) is 107 cm³/mol. The van der Waals surface area contributed by atoms with Crippen molar-refractivity contribution in [3.8, 4) is 0 Å². The van der Waals surface area contributed by atoms with Gasteiger partial charge in [0.05, 0.1) is 0 Å². The second-order valence-electron chi connectivity index (χ2n) is 4.46. The second kappa shape index (κ2) is 19.7. The third kappa shape index (κ3) is 12.4. The highest BCUT2D eigenvalue weighted by molar-refractivity contribution is 5.30. The Balaban J connectivity index is -0.000000535. The maximum absolute atomic E-state index is 3.85. The number of hydrogen-bond acceptors (Lipinski definition) is 0. The standard InChI is InChI=1S/C16H22.3C2H6/c1-5-7-14(6-2)12-15-8-10-16(11-9-15)13(3)4;3*1-2/h6-11,13H,2,5,12H2,1,3-4H3;3*1-2H3/b14-7+;;;. The van der Waals surface area contributed by atoms with E-state index in [9.17, 15) is 0 Å². The van der Waals surface area contributed by atoms with Crippen LogP contribution in [0.15, 0.2) is 48.6 Å². The van der Waals surface area contributed by atoms with Gasteiger partial charge in [-0.3, -0.25) is 0 Å². The summed E-state index contributed by atoms with van der Waals surface area (Å²) in [5.41, 5.74) is 4.09. The average molecular weight is 305 g/mol. The van der Waals surface area contributed by atoms with Crippen LogP contribution >= 0.6 is 0 Å². The zero-order valence-electron chi connectivity index (χ0n) is 16.7. The molecule has 0 bridgehead atoms. The number of hydrogen-bond donors (Lipinski definition) is 0. The summed E-state index contributed by atoms with van der Waals surface area (Å²) in [5.74, 6) is 0.610. The van der Waals surface area contributed by atoms with Gasteiger partial charge < -0.3 is 0 Å². The molecule has 1 rings (SSSR count). The fourth-order valence-corrected chi connectivity index (χ4v) is 1.75. The summed E-state index contributed by atoms with van der Waals surface area (Å²) in [7, 11) is 0. The van der Waals surface area contributed by atoms with E-state index in [0.29, 0.717) is 5.92 Å². The third-order valence-corrected chi connectivity index (χ3v) is 2.78. The van der Waals surface area contributed by atoms with E-state index in [0.717, 1.165) is 12.8 Å². The zero-order chi connectivity index (χ0) is 18.0. The minimum absolute atomic E-state index is 0.610. The van der Waals surface area contributed by atoms with Crippen molar-refractivity contribution >= 4 is 0 Å². The van der Waals surface area contributed by atoms with Gasteiger partial charge in [-0.15, -0.1) is 0 Å². The molecule has 0 aromatic heterocycles. The molecule has 0 N–H and O–H groups in total. The first-order chi connectivity index (χ1) is 10.7. The molecule has 0 aliphatic carbocycles. The van der Waals surface area contributed by atoms with Gasteiger partial charge in [0.25, 0.3) is 0 Å². The van der Waals surface area contributed by atoms with Gasteiger partial charge in [0.2, 0.25) is 0 Å². The van der Waals surface area contributed by atoms with Crippen LogP contribution in [0, 0.1) is 0 Å². The van der Waals surface area contributed by atoms with Gasteiger partial charge in [0, 0.05) is 0 Å². The highest BCUT2D eigenvalue weighted by Crippen LogP contribution is 2.16. The summed E-state index contributed by atoms with van der Waals surface area (Å²) >= 11 is 0. The lowest BCUT2D eigenvalue weighted by molar-refractivity contribution is 0.865. The minimum atomic E-state index is 0.610. The second-order valence-corrected chi connectivity index (χ2v) is 4.46. The zero-order valence-corrected chi connectivity index (χ0v) is 16.7. The monoisotopic (exact) mass is 304 g/mol. The van der Waals surface area contributed by atoms with Crippen LogP contribution in [0.5, 0.6) is 0 Å². The molecular formula is C22H40. The number of rotatable bonds is 5. The smallest absolute Gasteiger partial charge is 0.00291 e. The Labute approximate surface area is 141 Å². The maximum Gasteiger partial charge on any atom is -0.00291 e. The maximum atomic E-state index is 3.85. The lowest BCUT2D eigenvalue weighted by Gasteiger charge is -2.07. The van der Waals surface area contributed by atoms with Crippen molar-refractivity contribution in [2.24, 2.45) is 0 Å². The Morgan fingerprint density at radius 3 is 1.73 bits per heavy atom. The first-order valence-electron chi connectivity index (χ1n) is 9.07. The third-order valence-electron chi connectivity index (χ3n) is 2.78. The van der Waals surface area contributed by atoms with Crippen molar-refractivity contribution in [3.05, 3.63) is 59.7 Å². The van der Waals surface area contributed by atoms with E-state index in [2.05, 4.69) is 57.7 Å². The molecule has 128 valence electrons. The predicted octanol–water partition coefficient (Wildman–Crippen LogP) is 7.95. The molecule has 0 spiro atoms. The molecule has 0 aliphatic heterocycles. The molecule has 0 nitrogen and oxygen atoms in total. The van der Waals surface area contributed by atoms with Gasteiger partial charge >= 0.3 is 0 Å².